The van der Waals surface area contributed by atoms with Gasteiger partial charge in [0.2, 0.25) is 6.79 Å². The molecule has 1 unspecified atom stereocenters. The van der Waals surface area contributed by atoms with E-state index in [1.807, 2.05) is 0 Å². The van der Waals surface area contributed by atoms with Gasteiger partial charge in [-0.1, -0.05) is 5.18 Å². The van der Waals surface area contributed by atoms with Crippen molar-refractivity contribution < 1.29 is 14.3 Å². The summed E-state index contributed by atoms with van der Waals surface area (Å²) in [4.78, 5) is 22.0. The normalized spacial score (nSPS) is 21.6. The third-order valence-electron chi connectivity index (χ3n) is 2.71. The molecule has 0 bridgehead atoms. The quantitative estimate of drug-likeness (QED) is 0.648. The number of fused-ring (bicyclic) bond motifs is 2. The van der Waals surface area contributed by atoms with Crippen LogP contribution in [-0.4, -0.2) is 18.6 Å². The number of nitroso groups, excluding NO2 is 1. The molecular weight excluding hydrogens is 198 g/mol. The fraction of sp³-hybridized carbons (Fsp3) is 0.300. The summed E-state index contributed by atoms with van der Waals surface area (Å²) in [5.74, 6) is 0.972. The van der Waals surface area contributed by atoms with E-state index >= 15 is 0 Å². The van der Waals surface area contributed by atoms with Crippen molar-refractivity contribution in [1.82, 2.24) is 0 Å². The summed E-state index contributed by atoms with van der Waals surface area (Å²) in [6.07, 6.45) is 0.369. The molecule has 0 saturated heterocycles. The number of nitrogens with zero attached hydrogens (tertiary/aromatic N) is 1. The van der Waals surface area contributed by atoms with Gasteiger partial charge in [0.1, 0.15) is 0 Å². The van der Waals surface area contributed by atoms with Crippen molar-refractivity contribution in [3.05, 3.63) is 28.2 Å². The lowest BCUT2D eigenvalue weighted by atomic mass is 10.1. The van der Waals surface area contributed by atoms with Gasteiger partial charge < -0.3 is 9.47 Å². The smallest absolute Gasteiger partial charge is 0.231 e. The Kier molecular flexibility index (Phi) is 1.56. The minimum atomic E-state index is -0.775. The second-order valence-corrected chi connectivity index (χ2v) is 3.55. The second kappa shape index (κ2) is 2.79. The predicted molar refractivity (Wildman–Crippen MR) is 50.2 cm³/mol. The lowest BCUT2D eigenvalue weighted by Gasteiger charge is -1.99. The largest absolute Gasteiger partial charge is 0.454 e. The average molecular weight is 205 g/mol. The molecule has 0 aromatic heterocycles. The van der Waals surface area contributed by atoms with Gasteiger partial charge in [0.05, 0.1) is 0 Å². The van der Waals surface area contributed by atoms with Gasteiger partial charge in [-0.15, -0.1) is 0 Å². The van der Waals surface area contributed by atoms with Crippen molar-refractivity contribution in [2.75, 3.05) is 6.79 Å². The van der Waals surface area contributed by atoms with E-state index in [9.17, 15) is 9.70 Å². The Bertz CT molecular complexity index is 469. The highest BCUT2D eigenvalue weighted by Crippen LogP contribution is 2.38. The lowest BCUT2D eigenvalue weighted by molar-refractivity contribution is 0.0974. The summed E-state index contributed by atoms with van der Waals surface area (Å²) in [6.45, 7) is 0.182. The van der Waals surface area contributed by atoms with Crippen molar-refractivity contribution >= 4 is 5.78 Å². The summed E-state index contributed by atoms with van der Waals surface area (Å²) in [7, 11) is 0. The van der Waals surface area contributed by atoms with Crippen LogP contribution in [0.4, 0.5) is 0 Å². The molecule has 0 N–H and O–H groups in total. The van der Waals surface area contributed by atoms with E-state index in [1.165, 1.54) is 0 Å². The average Bonchev–Trinajstić information content (AvgIpc) is 2.80. The first-order valence-electron chi connectivity index (χ1n) is 4.59. The summed E-state index contributed by atoms with van der Waals surface area (Å²) >= 11 is 0. The third-order valence-corrected chi connectivity index (χ3v) is 2.71. The molecule has 1 aliphatic heterocycles. The summed E-state index contributed by atoms with van der Waals surface area (Å²) in [5, 5.41) is 2.81. The number of hydrogen-bond donors (Lipinski definition) is 0. The van der Waals surface area contributed by atoms with Crippen molar-refractivity contribution in [3.63, 3.8) is 0 Å². The molecule has 76 valence electrons. The minimum Gasteiger partial charge on any atom is -0.454 e. The molecule has 1 heterocycles. The number of Topliss-reactive ketones (excluding diaryl/α,β-unsaturated/α-hetero) is 1. The molecule has 0 fully saturated rings. The zero-order valence-electron chi connectivity index (χ0n) is 7.73. The Morgan fingerprint density at radius 1 is 1.27 bits per heavy atom. The first-order chi connectivity index (χ1) is 7.29. The fourth-order valence-corrected chi connectivity index (χ4v) is 1.95. The molecule has 1 atom stereocenters. The van der Waals surface area contributed by atoms with Gasteiger partial charge >= 0.3 is 0 Å². The minimum absolute atomic E-state index is 0.182. The van der Waals surface area contributed by atoms with Crippen LogP contribution in [0.15, 0.2) is 17.3 Å². The number of hydrogen-bond acceptors (Lipinski definition) is 5. The predicted octanol–water partition coefficient (Wildman–Crippen LogP) is 1.29. The molecule has 1 aliphatic carbocycles. The van der Waals surface area contributed by atoms with Gasteiger partial charge in [-0.3, -0.25) is 4.79 Å². The topological polar surface area (TPSA) is 65.0 Å². The number of ether oxygens (including phenoxy) is 2. The molecule has 0 saturated carbocycles. The monoisotopic (exact) mass is 205 g/mol. The highest BCUT2D eigenvalue weighted by atomic mass is 16.7. The molecule has 5 nitrogen and oxygen atoms in total. The molecule has 1 aromatic carbocycles. The number of rotatable bonds is 1. The molecule has 0 amide bonds. The zero-order valence-corrected chi connectivity index (χ0v) is 7.73. The highest BCUT2D eigenvalue weighted by molar-refractivity contribution is 6.05. The van der Waals surface area contributed by atoms with Gasteiger partial charge in [-0.25, -0.2) is 0 Å². The molecule has 1 aromatic rings. The van der Waals surface area contributed by atoms with E-state index in [0.717, 1.165) is 5.56 Å². The Morgan fingerprint density at radius 2 is 2.00 bits per heavy atom. The first-order valence-corrected chi connectivity index (χ1v) is 4.59. The zero-order chi connectivity index (χ0) is 10.4. The van der Waals surface area contributed by atoms with Crippen molar-refractivity contribution in [2.24, 2.45) is 5.18 Å². The van der Waals surface area contributed by atoms with E-state index in [0.29, 0.717) is 23.5 Å². The van der Waals surface area contributed by atoms with Crippen LogP contribution in [0.2, 0.25) is 0 Å². The van der Waals surface area contributed by atoms with Crippen LogP contribution >= 0.6 is 0 Å². The first kappa shape index (κ1) is 8.40. The van der Waals surface area contributed by atoms with E-state index in [4.69, 9.17) is 9.47 Å². The summed E-state index contributed by atoms with van der Waals surface area (Å²) < 4.78 is 10.3. The van der Waals surface area contributed by atoms with E-state index in [-0.39, 0.29) is 12.6 Å². The Balaban J connectivity index is 2.12. The molecule has 5 heteroatoms. The third kappa shape index (κ3) is 1.06. The lowest BCUT2D eigenvalue weighted by Crippen LogP contribution is -2.11. The van der Waals surface area contributed by atoms with E-state index in [1.54, 1.807) is 12.1 Å². The van der Waals surface area contributed by atoms with Crippen LogP contribution in [0.5, 0.6) is 11.5 Å². The Labute approximate surface area is 85.0 Å². The number of carbonyl (C=O) groups is 1. The van der Waals surface area contributed by atoms with Crippen molar-refractivity contribution in [1.29, 1.82) is 0 Å². The van der Waals surface area contributed by atoms with Gasteiger partial charge in [0.25, 0.3) is 0 Å². The number of ketones is 1. The maximum absolute atomic E-state index is 11.6. The van der Waals surface area contributed by atoms with Gasteiger partial charge in [0, 0.05) is 12.0 Å². The maximum Gasteiger partial charge on any atom is 0.231 e. The Morgan fingerprint density at radius 3 is 2.73 bits per heavy atom. The van der Waals surface area contributed by atoms with Gasteiger partial charge in [0.15, 0.2) is 23.3 Å². The molecule has 2 aliphatic rings. The van der Waals surface area contributed by atoms with Crippen LogP contribution in [0.1, 0.15) is 15.9 Å². The standard InChI is InChI=1S/C10H7NO4/c12-10-6-3-9-8(14-4-15-9)2-5(6)1-7(10)11-13/h2-3,7H,1,4H2. The summed E-state index contributed by atoms with van der Waals surface area (Å²) in [5.41, 5.74) is 1.35. The highest BCUT2D eigenvalue weighted by Gasteiger charge is 2.33. The van der Waals surface area contributed by atoms with Crippen LogP contribution in [0.25, 0.3) is 0 Å². The molecule has 15 heavy (non-hydrogen) atoms. The van der Waals surface area contributed by atoms with Crippen LogP contribution < -0.4 is 9.47 Å². The fourth-order valence-electron chi connectivity index (χ4n) is 1.95. The van der Waals surface area contributed by atoms with E-state index < -0.39 is 6.04 Å². The Hall–Kier alpha value is -1.91. The van der Waals surface area contributed by atoms with Crippen molar-refractivity contribution in [3.8, 4) is 11.5 Å². The van der Waals surface area contributed by atoms with Crippen LogP contribution in [-0.2, 0) is 6.42 Å². The molecule has 0 radical (unpaired) electrons. The maximum atomic E-state index is 11.6. The molecular formula is C10H7NO4. The second-order valence-electron chi connectivity index (χ2n) is 3.55. The van der Waals surface area contributed by atoms with Crippen molar-refractivity contribution in [2.45, 2.75) is 12.5 Å². The van der Waals surface area contributed by atoms with Gasteiger partial charge in [-0.05, 0) is 17.7 Å². The number of benzene rings is 1. The van der Waals surface area contributed by atoms with Crippen LogP contribution in [0.3, 0.4) is 0 Å². The molecule has 0 spiro atoms. The molecule has 3 rings (SSSR count). The van der Waals surface area contributed by atoms with E-state index in [2.05, 4.69) is 5.18 Å². The summed E-state index contributed by atoms with van der Waals surface area (Å²) in [6, 6.07) is 2.61. The number of carbonyl (C=O) groups excluding carboxylic acids is 1. The van der Waals surface area contributed by atoms with Gasteiger partial charge in [-0.2, -0.15) is 4.91 Å². The van der Waals surface area contributed by atoms with Crippen LogP contribution in [0, 0.1) is 4.91 Å². The SMILES string of the molecule is O=NC1Cc2cc3c(cc2C1=O)OCO3.